The average Bonchev–Trinajstić information content (AvgIpc) is 2.82. The monoisotopic (exact) mass is 438 g/mol. The summed E-state index contributed by atoms with van der Waals surface area (Å²) in [7, 11) is -6.48. The molecule has 1 aromatic carbocycles. The lowest BCUT2D eigenvalue weighted by Crippen LogP contribution is -2.76. The summed E-state index contributed by atoms with van der Waals surface area (Å²) >= 11 is 0. The largest absolute Gasteiger partial charge is 0.411 e. The Hall–Kier alpha value is 0.00753. The Balaban J connectivity index is 2.79. The zero-order valence-electron chi connectivity index (χ0n) is 19.6. The normalized spacial score (nSPS) is 21.2. The summed E-state index contributed by atoms with van der Waals surface area (Å²) in [6.45, 7) is 29.2. The second-order valence-electron chi connectivity index (χ2n) is 11.8. The van der Waals surface area contributed by atoms with Crippen molar-refractivity contribution in [3.63, 3.8) is 0 Å². The van der Waals surface area contributed by atoms with Crippen molar-refractivity contribution in [2.75, 3.05) is 0 Å². The van der Waals surface area contributed by atoms with E-state index in [2.05, 4.69) is 91.0 Å². The van der Waals surface area contributed by atoms with E-state index >= 15 is 0 Å². The van der Waals surface area contributed by atoms with Crippen molar-refractivity contribution in [2.24, 2.45) is 0 Å². The van der Waals surface area contributed by atoms with Gasteiger partial charge in [-0.15, -0.1) is 0 Å². The maximum Gasteiger partial charge on any atom is 0.208 e. The van der Waals surface area contributed by atoms with Crippen molar-refractivity contribution in [1.29, 1.82) is 0 Å². The minimum absolute atomic E-state index is 0.260. The molecule has 6 heteroatoms. The first kappa shape index (κ1) is 23.3. The molecule has 0 N–H and O–H groups in total. The van der Waals surface area contributed by atoms with Gasteiger partial charge in [0.1, 0.15) is 0 Å². The Bertz CT molecular complexity index is 654. The highest BCUT2D eigenvalue weighted by Gasteiger charge is 2.64. The third-order valence-electron chi connectivity index (χ3n) is 5.89. The number of benzene rings is 1. The van der Waals surface area contributed by atoms with Gasteiger partial charge in [0.2, 0.25) is 7.83 Å². The van der Waals surface area contributed by atoms with Gasteiger partial charge in [-0.3, -0.25) is 0 Å². The fourth-order valence-electron chi connectivity index (χ4n) is 5.66. The van der Waals surface area contributed by atoms with Crippen LogP contribution < -0.4 is 5.19 Å². The van der Waals surface area contributed by atoms with E-state index in [9.17, 15) is 0 Å². The highest BCUT2D eigenvalue weighted by Crippen LogP contribution is 2.47. The third-order valence-corrected chi connectivity index (χ3v) is 37.7. The molecule has 1 atom stereocenters. The Morgan fingerprint density at radius 1 is 0.963 bits per heavy atom. The van der Waals surface area contributed by atoms with E-state index in [-0.39, 0.29) is 6.10 Å². The Morgan fingerprint density at radius 2 is 1.52 bits per heavy atom. The minimum atomic E-state index is -2.09. The van der Waals surface area contributed by atoms with Gasteiger partial charge >= 0.3 is 0 Å². The molecule has 1 aromatic rings. The van der Waals surface area contributed by atoms with Gasteiger partial charge in [-0.2, -0.15) is 0 Å². The van der Waals surface area contributed by atoms with Crippen LogP contribution in [0.2, 0.25) is 63.7 Å². The van der Waals surface area contributed by atoms with Gasteiger partial charge in [0, 0.05) is 16.1 Å². The molecule has 154 valence electrons. The van der Waals surface area contributed by atoms with Gasteiger partial charge in [-0.25, -0.2) is 0 Å². The SMILES string of the molecule is CC(C)OCc1cccc2c1[Si](C([Si](C)(C)C)[Si](C)(C)C)([Si](C)(C)C)OC2. The molecule has 1 aliphatic heterocycles. The molecule has 0 fully saturated rings. The van der Waals surface area contributed by atoms with E-state index in [4.69, 9.17) is 9.16 Å². The molecule has 27 heavy (non-hydrogen) atoms. The molecule has 0 bridgehead atoms. The lowest BCUT2D eigenvalue weighted by molar-refractivity contribution is 0.0661. The molecular weight excluding hydrogens is 397 g/mol. The van der Waals surface area contributed by atoms with Crippen LogP contribution in [0.25, 0.3) is 0 Å². The second-order valence-corrected chi connectivity index (χ2v) is 38.2. The molecule has 2 rings (SSSR count). The predicted molar refractivity (Wildman–Crippen MR) is 130 cm³/mol. The van der Waals surface area contributed by atoms with Gasteiger partial charge in [-0.1, -0.05) is 77.1 Å². The van der Waals surface area contributed by atoms with Gasteiger partial charge in [-0.05, 0) is 34.9 Å². The van der Waals surface area contributed by atoms with Crippen LogP contribution >= 0.6 is 0 Å². The molecule has 0 spiro atoms. The topological polar surface area (TPSA) is 18.5 Å². The predicted octanol–water partition coefficient (Wildman–Crippen LogP) is 5.84. The van der Waals surface area contributed by atoms with Crippen LogP contribution in [0.1, 0.15) is 25.0 Å². The standard InChI is InChI=1S/C21H42O2Si4/c1-17(2)22-15-18-13-12-14-19-16-23-27(20(18)19,26(9,10)11)21(24(3,4)5)25(6,7)8/h12-14,17,21H,15-16H2,1-11H3. The van der Waals surface area contributed by atoms with E-state index in [0.29, 0.717) is 0 Å². The summed E-state index contributed by atoms with van der Waals surface area (Å²) in [6.07, 6.45) is 0.260. The Kier molecular flexibility index (Phi) is 6.63. The number of hydrogen-bond donors (Lipinski definition) is 0. The number of fused-ring (bicyclic) bond motifs is 1. The first-order valence-electron chi connectivity index (χ1n) is 10.5. The fraction of sp³-hybridized carbons (Fsp3) is 0.714. The molecule has 1 heterocycles. The minimum Gasteiger partial charge on any atom is -0.411 e. The highest BCUT2D eigenvalue weighted by atomic mass is 29.3. The quantitative estimate of drug-likeness (QED) is 0.498. The van der Waals surface area contributed by atoms with Crippen LogP contribution in [0.15, 0.2) is 18.2 Å². The summed E-state index contributed by atoms with van der Waals surface area (Å²) in [5.41, 5.74) is 2.89. The maximum atomic E-state index is 7.15. The van der Waals surface area contributed by atoms with Crippen molar-refractivity contribution < 1.29 is 9.16 Å². The van der Waals surface area contributed by atoms with Gasteiger partial charge in [0.05, 0.1) is 26.9 Å². The van der Waals surface area contributed by atoms with Gasteiger partial charge in [0.25, 0.3) is 0 Å². The van der Waals surface area contributed by atoms with E-state index in [1.807, 2.05) is 0 Å². The van der Waals surface area contributed by atoms with Crippen molar-refractivity contribution >= 4 is 36.8 Å². The summed E-state index contributed by atoms with van der Waals surface area (Å²) < 4.78 is 13.3. The van der Waals surface area contributed by atoms with Crippen LogP contribution in [0, 0.1) is 0 Å². The van der Waals surface area contributed by atoms with Crippen molar-refractivity contribution in [3.05, 3.63) is 29.3 Å². The molecule has 0 saturated heterocycles. The molecule has 2 nitrogen and oxygen atoms in total. The molecule has 1 aliphatic rings. The number of ether oxygens (including phenoxy) is 1. The van der Waals surface area contributed by atoms with Crippen molar-refractivity contribution in [2.45, 2.75) is 96.9 Å². The van der Waals surface area contributed by atoms with Crippen LogP contribution in [-0.2, 0) is 22.4 Å². The molecule has 1 unspecified atom stereocenters. The summed E-state index contributed by atoms with van der Waals surface area (Å²) in [6, 6.07) is 6.87. The smallest absolute Gasteiger partial charge is 0.208 e. The van der Waals surface area contributed by atoms with E-state index in [1.54, 1.807) is 5.19 Å². The van der Waals surface area contributed by atoms with E-state index in [1.165, 1.54) is 11.1 Å². The Labute approximate surface area is 172 Å². The number of hydrogen-bond acceptors (Lipinski definition) is 2. The Morgan fingerprint density at radius 3 is 1.96 bits per heavy atom. The maximum absolute atomic E-state index is 7.15. The van der Waals surface area contributed by atoms with Crippen LogP contribution in [0.3, 0.4) is 0 Å². The first-order valence-corrected chi connectivity index (χ1v) is 24.1. The van der Waals surface area contributed by atoms with Crippen molar-refractivity contribution in [3.8, 4) is 0 Å². The molecular formula is C21H42O2Si4. The zero-order valence-corrected chi connectivity index (χ0v) is 23.6. The summed E-state index contributed by atoms with van der Waals surface area (Å²) in [4.78, 5) is 0.825. The second kappa shape index (κ2) is 7.68. The molecule has 0 amide bonds. The lowest BCUT2D eigenvalue weighted by Gasteiger charge is -2.53. The van der Waals surface area contributed by atoms with Crippen LogP contribution in [-0.4, -0.2) is 37.7 Å². The molecule has 0 aliphatic carbocycles. The molecule has 0 aromatic heterocycles. The first-order chi connectivity index (χ1) is 12.1. The van der Waals surface area contributed by atoms with E-state index < -0.39 is 31.6 Å². The van der Waals surface area contributed by atoms with Crippen molar-refractivity contribution in [1.82, 2.24) is 0 Å². The lowest BCUT2D eigenvalue weighted by atomic mass is 10.1. The third kappa shape index (κ3) is 4.45. The van der Waals surface area contributed by atoms with Gasteiger partial charge in [0.15, 0.2) is 0 Å². The molecule has 0 saturated carbocycles. The summed E-state index contributed by atoms with van der Waals surface area (Å²) in [5.74, 6) is 0. The fourth-order valence-corrected chi connectivity index (χ4v) is 54.4. The zero-order chi connectivity index (χ0) is 20.8. The molecule has 0 radical (unpaired) electrons. The average molecular weight is 439 g/mol. The van der Waals surface area contributed by atoms with Crippen LogP contribution in [0.5, 0.6) is 0 Å². The van der Waals surface area contributed by atoms with Crippen LogP contribution in [0.4, 0.5) is 0 Å². The van der Waals surface area contributed by atoms with Gasteiger partial charge < -0.3 is 9.16 Å². The summed E-state index contributed by atoms with van der Waals surface area (Å²) in [5, 5.41) is 1.65. The number of rotatable bonds is 7. The highest BCUT2D eigenvalue weighted by molar-refractivity contribution is 7.49. The van der Waals surface area contributed by atoms with E-state index in [0.717, 1.165) is 18.0 Å².